The maximum atomic E-state index is 12.4. The number of methoxy groups -OCH3 is 1. The number of phenols is 1. The highest BCUT2D eigenvalue weighted by Gasteiger charge is 2.20. The monoisotopic (exact) mass is 310 g/mol. The molecule has 0 saturated carbocycles. The number of hydrogen-bond acceptors (Lipinski definition) is 5. The van der Waals surface area contributed by atoms with Gasteiger partial charge in [0.1, 0.15) is 16.7 Å². The summed E-state index contributed by atoms with van der Waals surface area (Å²) >= 11 is 0. The standard InChI is InChI=1S/C18H14O5/c1-10(19)12-8-15-16(17(21)18(12)22-2)13(20)9-14(23-15)11-6-4-3-5-7-11/h3-9,21H,1-2H3. The van der Waals surface area contributed by atoms with Gasteiger partial charge in [-0.1, -0.05) is 30.3 Å². The number of ketones is 1. The Labute approximate surface area is 131 Å². The third kappa shape index (κ3) is 2.46. The maximum Gasteiger partial charge on any atom is 0.197 e. The van der Waals surface area contributed by atoms with E-state index in [0.29, 0.717) is 5.76 Å². The second-order valence-corrected chi connectivity index (χ2v) is 5.08. The SMILES string of the molecule is COc1c(C(C)=O)cc2oc(-c3ccccc3)cc(=O)c2c1O. The molecule has 0 saturated heterocycles. The highest BCUT2D eigenvalue weighted by Crippen LogP contribution is 2.37. The molecule has 0 spiro atoms. The van der Waals surface area contributed by atoms with Crippen molar-refractivity contribution in [2.24, 2.45) is 0 Å². The highest BCUT2D eigenvalue weighted by molar-refractivity contribution is 6.03. The lowest BCUT2D eigenvalue weighted by atomic mass is 10.0. The lowest BCUT2D eigenvalue weighted by Crippen LogP contribution is -2.05. The van der Waals surface area contributed by atoms with Crippen LogP contribution in [0.5, 0.6) is 11.5 Å². The minimum Gasteiger partial charge on any atom is -0.504 e. The van der Waals surface area contributed by atoms with Gasteiger partial charge in [-0.25, -0.2) is 0 Å². The largest absolute Gasteiger partial charge is 0.504 e. The Morgan fingerprint density at radius 2 is 1.87 bits per heavy atom. The zero-order valence-electron chi connectivity index (χ0n) is 12.6. The molecule has 0 unspecified atom stereocenters. The summed E-state index contributed by atoms with van der Waals surface area (Å²) in [5, 5.41) is 10.3. The van der Waals surface area contributed by atoms with E-state index < -0.39 is 5.43 Å². The van der Waals surface area contributed by atoms with E-state index in [-0.39, 0.29) is 33.8 Å². The van der Waals surface area contributed by atoms with E-state index in [9.17, 15) is 14.7 Å². The summed E-state index contributed by atoms with van der Waals surface area (Å²) in [5.74, 6) is -0.345. The van der Waals surface area contributed by atoms with E-state index in [4.69, 9.17) is 9.15 Å². The molecule has 0 aliphatic carbocycles. The minimum absolute atomic E-state index is 0.00784. The van der Waals surface area contributed by atoms with Crippen LogP contribution in [-0.2, 0) is 0 Å². The number of Topliss-reactive ketones (excluding diaryl/α,β-unsaturated/α-hetero) is 1. The summed E-state index contributed by atoms with van der Waals surface area (Å²) in [7, 11) is 1.33. The molecular weight excluding hydrogens is 296 g/mol. The zero-order valence-corrected chi connectivity index (χ0v) is 12.6. The van der Waals surface area contributed by atoms with Crippen molar-refractivity contribution >= 4 is 16.8 Å². The predicted octanol–water partition coefficient (Wildman–Crippen LogP) is 3.38. The van der Waals surface area contributed by atoms with Gasteiger partial charge in [-0.05, 0) is 13.0 Å². The average molecular weight is 310 g/mol. The molecule has 1 aromatic heterocycles. The first kappa shape index (κ1) is 14.8. The Morgan fingerprint density at radius 1 is 1.17 bits per heavy atom. The number of rotatable bonds is 3. The Hall–Kier alpha value is -3.08. The van der Waals surface area contributed by atoms with Crippen molar-refractivity contribution < 1.29 is 19.1 Å². The smallest absolute Gasteiger partial charge is 0.197 e. The molecule has 0 fully saturated rings. The minimum atomic E-state index is -0.406. The molecule has 0 radical (unpaired) electrons. The Bertz CT molecular complexity index is 955. The molecule has 2 aromatic carbocycles. The normalized spacial score (nSPS) is 10.7. The summed E-state index contributed by atoms with van der Waals surface area (Å²) in [6, 6.07) is 11.8. The van der Waals surface area contributed by atoms with E-state index in [2.05, 4.69) is 0 Å². The number of benzene rings is 2. The van der Waals surface area contributed by atoms with Gasteiger partial charge in [0.05, 0.1) is 12.7 Å². The summed E-state index contributed by atoms with van der Waals surface area (Å²) < 4.78 is 10.8. The van der Waals surface area contributed by atoms with E-state index in [1.54, 1.807) is 12.1 Å². The average Bonchev–Trinajstić information content (AvgIpc) is 2.54. The molecule has 5 heteroatoms. The highest BCUT2D eigenvalue weighted by atomic mass is 16.5. The molecule has 1 heterocycles. The number of carbonyl (C=O) groups is 1. The second-order valence-electron chi connectivity index (χ2n) is 5.08. The number of aromatic hydroxyl groups is 1. The van der Waals surface area contributed by atoms with Crippen LogP contribution in [-0.4, -0.2) is 18.0 Å². The van der Waals surface area contributed by atoms with Gasteiger partial charge in [-0.3, -0.25) is 9.59 Å². The fraction of sp³-hybridized carbons (Fsp3) is 0.111. The van der Waals surface area contributed by atoms with Crippen molar-refractivity contribution in [1.29, 1.82) is 0 Å². The Morgan fingerprint density at radius 3 is 2.48 bits per heavy atom. The number of fused-ring (bicyclic) bond motifs is 1. The molecule has 1 N–H and O–H groups in total. The maximum absolute atomic E-state index is 12.4. The fourth-order valence-corrected chi connectivity index (χ4v) is 2.50. The first-order valence-electron chi connectivity index (χ1n) is 6.97. The third-order valence-corrected chi connectivity index (χ3v) is 3.59. The van der Waals surface area contributed by atoms with Crippen molar-refractivity contribution in [3.05, 3.63) is 58.3 Å². The first-order chi connectivity index (χ1) is 11.0. The molecule has 0 amide bonds. The van der Waals surface area contributed by atoms with Crippen molar-refractivity contribution in [3.8, 4) is 22.8 Å². The number of phenolic OH excluding ortho intramolecular Hbond substituents is 1. The number of carbonyl (C=O) groups excluding carboxylic acids is 1. The second kappa shape index (κ2) is 5.61. The van der Waals surface area contributed by atoms with Crippen LogP contribution in [0.3, 0.4) is 0 Å². The van der Waals surface area contributed by atoms with E-state index in [1.807, 2.05) is 18.2 Å². The van der Waals surface area contributed by atoms with Crippen LogP contribution >= 0.6 is 0 Å². The van der Waals surface area contributed by atoms with Gasteiger partial charge in [0, 0.05) is 11.6 Å². The van der Waals surface area contributed by atoms with Gasteiger partial charge in [-0.2, -0.15) is 0 Å². The van der Waals surface area contributed by atoms with Crippen LogP contribution < -0.4 is 10.2 Å². The van der Waals surface area contributed by atoms with Crippen molar-refractivity contribution in [2.45, 2.75) is 6.92 Å². The summed E-state index contributed by atoms with van der Waals surface area (Å²) in [5.41, 5.74) is 0.618. The molecule has 0 bridgehead atoms. The van der Waals surface area contributed by atoms with E-state index in [1.165, 1.54) is 26.2 Å². The molecule has 116 valence electrons. The van der Waals surface area contributed by atoms with Gasteiger partial charge in [0.25, 0.3) is 0 Å². The van der Waals surface area contributed by atoms with Gasteiger partial charge < -0.3 is 14.3 Å². The van der Waals surface area contributed by atoms with Crippen LogP contribution in [0.2, 0.25) is 0 Å². The topological polar surface area (TPSA) is 76.7 Å². The molecule has 3 aromatic rings. The van der Waals surface area contributed by atoms with Gasteiger partial charge in [-0.15, -0.1) is 0 Å². The molecule has 0 aliphatic rings. The van der Waals surface area contributed by atoms with Crippen LogP contribution in [0, 0.1) is 0 Å². The zero-order chi connectivity index (χ0) is 16.6. The lowest BCUT2D eigenvalue weighted by Gasteiger charge is -2.11. The first-order valence-corrected chi connectivity index (χ1v) is 6.97. The summed E-state index contributed by atoms with van der Waals surface area (Å²) in [6.45, 7) is 1.35. The lowest BCUT2D eigenvalue weighted by molar-refractivity contribution is 0.101. The van der Waals surface area contributed by atoms with Crippen molar-refractivity contribution in [3.63, 3.8) is 0 Å². The molecule has 5 nitrogen and oxygen atoms in total. The van der Waals surface area contributed by atoms with Crippen molar-refractivity contribution in [2.75, 3.05) is 7.11 Å². The van der Waals surface area contributed by atoms with E-state index >= 15 is 0 Å². The number of ether oxygens (including phenoxy) is 1. The van der Waals surface area contributed by atoms with Crippen LogP contribution in [0.4, 0.5) is 0 Å². The molecule has 3 rings (SSSR count). The number of hydrogen-bond donors (Lipinski definition) is 1. The Kier molecular flexibility index (Phi) is 3.62. The summed E-state index contributed by atoms with van der Waals surface area (Å²) in [4.78, 5) is 24.1. The van der Waals surface area contributed by atoms with Gasteiger partial charge in [0.2, 0.25) is 0 Å². The molecule has 23 heavy (non-hydrogen) atoms. The van der Waals surface area contributed by atoms with Crippen LogP contribution in [0.25, 0.3) is 22.3 Å². The van der Waals surface area contributed by atoms with Gasteiger partial charge >= 0.3 is 0 Å². The Balaban J connectivity index is 2.37. The van der Waals surface area contributed by atoms with Gasteiger partial charge in [0.15, 0.2) is 22.7 Å². The molecular formula is C18H14O5. The predicted molar refractivity (Wildman–Crippen MR) is 86.1 cm³/mol. The quantitative estimate of drug-likeness (QED) is 0.750. The third-order valence-electron chi connectivity index (χ3n) is 3.59. The summed E-state index contributed by atoms with van der Waals surface area (Å²) in [6.07, 6.45) is 0. The van der Waals surface area contributed by atoms with Crippen LogP contribution in [0.1, 0.15) is 17.3 Å². The molecule has 0 atom stereocenters. The fourth-order valence-electron chi connectivity index (χ4n) is 2.50. The van der Waals surface area contributed by atoms with E-state index in [0.717, 1.165) is 5.56 Å². The molecule has 0 aliphatic heterocycles. The van der Waals surface area contributed by atoms with Crippen molar-refractivity contribution in [1.82, 2.24) is 0 Å². The van der Waals surface area contributed by atoms with Crippen LogP contribution in [0.15, 0.2) is 51.7 Å².